The van der Waals surface area contributed by atoms with Crippen molar-refractivity contribution in [3.63, 3.8) is 0 Å². The summed E-state index contributed by atoms with van der Waals surface area (Å²) in [6.07, 6.45) is 1.36. The van der Waals surface area contributed by atoms with Crippen LogP contribution in [0.2, 0.25) is 0 Å². The third-order valence-corrected chi connectivity index (χ3v) is 5.07. The quantitative estimate of drug-likeness (QED) is 0.515. The molecule has 152 valence electrons. The number of rotatable bonds is 6. The number of aromatic nitrogens is 4. The summed E-state index contributed by atoms with van der Waals surface area (Å²) in [6.45, 7) is 4.12. The standard InChI is InChI=1S/C22H21N5O3/c1-14-21(24-20(28)13-27-19(22(29)30)10-11-23-27)15(2)26(25-14)12-17-8-5-7-16-6-3-4-9-18(16)17/h3-11H,12-13H2,1-2H3,(H,24,28)(H,29,30). The summed E-state index contributed by atoms with van der Waals surface area (Å²) in [5.41, 5.74) is 3.25. The third-order valence-electron chi connectivity index (χ3n) is 5.07. The molecule has 0 aliphatic heterocycles. The number of nitrogens with zero attached hydrogens (tertiary/aromatic N) is 4. The van der Waals surface area contributed by atoms with Crippen LogP contribution in [0.5, 0.6) is 0 Å². The molecule has 2 aromatic carbocycles. The molecule has 0 aliphatic carbocycles. The lowest BCUT2D eigenvalue weighted by Crippen LogP contribution is -2.22. The fraction of sp³-hybridized carbons (Fsp3) is 0.182. The molecule has 30 heavy (non-hydrogen) atoms. The van der Waals surface area contributed by atoms with Crippen molar-refractivity contribution in [3.05, 3.63) is 77.4 Å². The summed E-state index contributed by atoms with van der Waals surface area (Å²) < 4.78 is 3.02. The number of aromatic carboxylic acids is 1. The Balaban J connectivity index is 1.55. The normalized spacial score (nSPS) is 11.0. The lowest BCUT2D eigenvalue weighted by Gasteiger charge is -2.10. The molecule has 0 bridgehead atoms. The Morgan fingerprint density at radius 2 is 1.80 bits per heavy atom. The van der Waals surface area contributed by atoms with Gasteiger partial charge in [-0.1, -0.05) is 42.5 Å². The molecule has 4 rings (SSSR count). The van der Waals surface area contributed by atoms with Crippen LogP contribution in [0.15, 0.2) is 54.7 Å². The predicted molar refractivity (Wildman–Crippen MR) is 113 cm³/mol. The number of anilines is 1. The number of benzene rings is 2. The van der Waals surface area contributed by atoms with Crippen molar-refractivity contribution in [2.75, 3.05) is 5.32 Å². The molecule has 2 heterocycles. The van der Waals surface area contributed by atoms with Crippen LogP contribution in [0.3, 0.4) is 0 Å². The maximum atomic E-state index is 12.5. The van der Waals surface area contributed by atoms with Crippen molar-refractivity contribution in [2.24, 2.45) is 0 Å². The van der Waals surface area contributed by atoms with E-state index in [4.69, 9.17) is 5.11 Å². The van der Waals surface area contributed by atoms with Crippen molar-refractivity contribution in [3.8, 4) is 0 Å². The molecule has 0 fully saturated rings. The SMILES string of the molecule is Cc1nn(Cc2cccc3ccccc23)c(C)c1NC(=O)Cn1nccc1C(=O)O. The van der Waals surface area contributed by atoms with Gasteiger partial charge in [-0.25, -0.2) is 9.48 Å². The Labute approximate surface area is 172 Å². The van der Waals surface area contributed by atoms with E-state index in [0.29, 0.717) is 17.9 Å². The molecule has 8 nitrogen and oxygen atoms in total. The Hall–Kier alpha value is -3.94. The fourth-order valence-corrected chi connectivity index (χ4v) is 3.58. The van der Waals surface area contributed by atoms with Crippen molar-refractivity contribution in [2.45, 2.75) is 26.9 Å². The number of carboxylic acid groups (broad SMARTS) is 1. The molecule has 0 radical (unpaired) electrons. The molecule has 2 aromatic heterocycles. The second-order valence-corrected chi connectivity index (χ2v) is 7.07. The van der Waals surface area contributed by atoms with Gasteiger partial charge in [-0.3, -0.25) is 9.48 Å². The van der Waals surface area contributed by atoms with Crippen molar-refractivity contribution >= 4 is 28.3 Å². The van der Waals surface area contributed by atoms with Gasteiger partial charge < -0.3 is 10.4 Å². The Kier molecular flexibility index (Phi) is 5.05. The maximum absolute atomic E-state index is 12.5. The molecule has 8 heteroatoms. The fourth-order valence-electron chi connectivity index (χ4n) is 3.58. The lowest BCUT2D eigenvalue weighted by molar-refractivity contribution is -0.116. The number of nitrogens with one attached hydrogen (secondary N) is 1. The van der Waals surface area contributed by atoms with Crippen LogP contribution in [0.1, 0.15) is 27.4 Å². The van der Waals surface area contributed by atoms with E-state index in [0.717, 1.165) is 21.3 Å². The third kappa shape index (κ3) is 3.67. The molecule has 0 spiro atoms. The second-order valence-electron chi connectivity index (χ2n) is 7.07. The van der Waals surface area contributed by atoms with Gasteiger partial charge in [-0.15, -0.1) is 0 Å². The number of hydrogen-bond donors (Lipinski definition) is 2. The van der Waals surface area contributed by atoms with Crippen LogP contribution in [0, 0.1) is 13.8 Å². The predicted octanol–water partition coefficient (Wildman–Crippen LogP) is 3.23. The van der Waals surface area contributed by atoms with Gasteiger partial charge in [0.15, 0.2) is 0 Å². The molecular formula is C22H21N5O3. The van der Waals surface area contributed by atoms with E-state index in [1.165, 1.54) is 17.6 Å². The van der Waals surface area contributed by atoms with Crippen LogP contribution in [-0.4, -0.2) is 36.5 Å². The van der Waals surface area contributed by atoms with E-state index in [1.807, 2.05) is 36.7 Å². The minimum absolute atomic E-state index is 0.0368. The van der Waals surface area contributed by atoms with Crippen LogP contribution < -0.4 is 5.32 Å². The summed E-state index contributed by atoms with van der Waals surface area (Å²) in [5, 5.41) is 22.8. The van der Waals surface area contributed by atoms with Gasteiger partial charge in [0, 0.05) is 6.20 Å². The average molecular weight is 403 g/mol. The number of carbonyl (C=O) groups is 2. The van der Waals surface area contributed by atoms with Crippen molar-refractivity contribution in [1.29, 1.82) is 0 Å². The highest BCUT2D eigenvalue weighted by molar-refractivity contribution is 5.93. The molecule has 2 N–H and O–H groups in total. The number of fused-ring (bicyclic) bond motifs is 1. The smallest absolute Gasteiger partial charge is 0.354 e. The second kappa shape index (κ2) is 7.82. The highest BCUT2D eigenvalue weighted by Gasteiger charge is 2.17. The van der Waals surface area contributed by atoms with Crippen LogP contribution in [0.25, 0.3) is 10.8 Å². The molecule has 0 unspecified atom stereocenters. The van der Waals surface area contributed by atoms with E-state index < -0.39 is 5.97 Å². The van der Waals surface area contributed by atoms with Gasteiger partial charge in [0.25, 0.3) is 0 Å². The number of carboxylic acids is 1. The first-order valence-electron chi connectivity index (χ1n) is 9.49. The number of hydrogen-bond acceptors (Lipinski definition) is 4. The highest BCUT2D eigenvalue weighted by Crippen LogP contribution is 2.23. The average Bonchev–Trinajstić information content (AvgIpc) is 3.28. The molecule has 0 saturated carbocycles. The first kappa shape index (κ1) is 19.4. The zero-order valence-electron chi connectivity index (χ0n) is 16.7. The topological polar surface area (TPSA) is 102 Å². The summed E-state index contributed by atoms with van der Waals surface area (Å²) >= 11 is 0. The molecule has 4 aromatic rings. The van der Waals surface area contributed by atoms with E-state index >= 15 is 0 Å². The summed E-state index contributed by atoms with van der Waals surface area (Å²) in [6, 6.07) is 15.7. The molecule has 0 atom stereocenters. The van der Waals surface area contributed by atoms with E-state index in [9.17, 15) is 9.59 Å². The Bertz CT molecular complexity index is 1250. The van der Waals surface area contributed by atoms with Gasteiger partial charge >= 0.3 is 5.97 Å². The summed E-state index contributed by atoms with van der Waals surface area (Å²) in [4.78, 5) is 23.7. The minimum atomic E-state index is -1.13. The zero-order chi connectivity index (χ0) is 21.3. The van der Waals surface area contributed by atoms with Gasteiger partial charge in [0.05, 0.1) is 23.6 Å². The highest BCUT2D eigenvalue weighted by atomic mass is 16.4. The van der Waals surface area contributed by atoms with Crippen LogP contribution in [0.4, 0.5) is 5.69 Å². The van der Waals surface area contributed by atoms with Crippen LogP contribution in [-0.2, 0) is 17.9 Å². The van der Waals surface area contributed by atoms with Gasteiger partial charge in [0.1, 0.15) is 12.2 Å². The summed E-state index contributed by atoms with van der Waals surface area (Å²) in [7, 11) is 0. The zero-order valence-corrected chi connectivity index (χ0v) is 16.7. The van der Waals surface area contributed by atoms with Crippen LogP contribution >= 0.6 is 0 Å². The largest absolute Gasteiger partial charge is 0.477 e. The lowest BCUT2D eigenvalue weighted by atomic mass is 10.0. The van der Waals surface area contributed by atoms with Crippen molar-refractivity contribution < 1.29 is 14.7 Å². The van der Waals surface area contributed by atoms with Crippen molar-refractivity contribution in [1.82, 2.24) is 19.6 Å². The number of amides is 1. The van der Waals surface area contributed by atoms with Gasteiger partial charge in [-0.05, 0) is 36.2 Å². The molecule has 1 amide bonds. The molecular weight excluding hydrogens is 382 g/mol. The Morgan fingerprint density at radius 1 is 1.03 bits per heavy atom. The van der Waals surface area contributed by atoms with E-state index in [2.05, 4.69) is 39.8 Å². The minimum Gasteiger partial charge on any atom is -0.477 e. The molecule has 0 aliphatic rings. The van der Waals surface area contributed by atoms with E-state index in [1.54, 1.807) is 0 Å². The van der Waals surface area contributed by atoms with E-state index in [-0.39, 0.29) is 18.1 Å². The first-order valence-corrected chi connectivity index (χ1v) is 9.49. The molecule has 0 saturated heterocycles. The van der Waals surface area contributed by atoms with Gasteiger partial charge in [0.2, 0.25) is 5.91 Å². The van der Waals surface area contributed by atoms with Gasteiger partial charge in [-0.2, -0.15) is 10.2 Å². The first-order chi connectivity index (χ1) is 14.4. The number of aryl methyl sites for hydroxylation is 1. The monoisotopic (exact) mass is 403 g/mol. The number of carbonyl (C=O) groups excluding carboxylic acids is 1. The Morgan fingerprint density at radius 3 is 2.60 bits per heavy atom. The maximum Gasteiger partial charge on any atom is 0.354 e. The summed E-state index contributed by atoms with van der Waals surface area (Å²) in [5.74, 6) is -1.49.